The van der Waals surface area contributed by atoms with Crippen LogP contribution in [0.2, 0.25) is 10.0 Å². The Labute approximate surface area is 154 Å². The first-order valence-electron chi connectivity index (χ1n) is 7.45. The van der Waals surface area contributed by atoms with Crippen LogP contribution >= 0.6 is 23.2 Å². The predicted molar refractivity (Wildman–Crippen MR) is 98.7 cm³/mol. The lowest BCUT2D eigenvalue weighted by Gasteiger charge is -2.02. The minimum atomic E-state index is -0.317. The van der Waals surface area contributed by atoms with E-state index in [1.54, 1.807) is 34.0 Å². The van der Waals surface area contributed by atoms with Crippen molar-refractivity contribution in [2.75, 3.05) is 5.32 Å². The number of carbonyl (C=O) groups excluding carboxylic acids is 1. The minimum absolute atomic E-state index is 0.316. The summed E-state index contributed by atoms with van der Waals surface area (Å²) in [6, 6.07) is 7.45. The zero-order valence-electron chi connectivity index (χ0n) is 13.4. The van der Waals surface area contributed by atoms with Gasteiger partial charge in [0.1, 0.15) is 5.02 Å². The van der Waals surface area contributed by atoms with Gasteiger partial charge < -0.3 is 5.32 Å². The van der Waals surface area contributed by atoms with Crippen LogP contribution in [0.25, 0.3) is 6.08 Å². The van der Waals surface area contributed by atoms with Crippen LogP contribution in [0, 0.1) is 0 Å². The highest BCUT2D eigenvalue weighted by Crippen LogP contribution is 2.20. The summed E-state index contributed by atoms with van der Waals surface area (Å²) in [6.45, 7) is 0.526. The van der Waals surface area contributed by atoms with Crippen molar-refractivity contribution in [3.8, 4) is 0 Å². The fraction of sp³-hybridized carbons (Fsp3) is 0.118. The molecule has 0 aliphatic carbocycles. The third kappa shape index (κ3) is 4.71. The Kier molecular flexibility index (Phi) is 5.21. The molecule has 1 amide bonds. The molecule has 0 aliphatic heterocycles. The van der Waals surface area contributed by atoms with Crippen molar-refractivity contribution in [3.63, 3.8) is 0 Å². The summed E-state index contributed by atoms with van der Waals surface area (Å²) < 4.78 is 3.32. The van der Waals surface area contributed by atoms with E-state index >= 15 is 0 Å². The standard InChI is InChI=1S/C17H15Cl2N5O/c1-23-9-13(8-20-23)4-7-16(25)21-17-15(19)11-24(22-17)10-12-2-5-14(18)6-3-12/h2-9,11H,10H2,1H3,(H,21,22,25)/b7-4+. The minimum Gasteiger partial charge on any atom is -0.304 e. The van der Waals surface area contributed by atoms with Crippen molar-refractivity contribution in [1.29, 1.82) is 0 Å². The molecular formula is C17H15Cl2N5O. The second kappa shape index (κ2) is 7.55. The first-order chi connectivity index (χ1) is 12.0. The zero-order valence-corrected chi connectivity index (χ0v) is 14.9. The average molecular weight is 376 g/mol. The molecule has 0 saturated heterocycles. The molecule has 0 fully saturated rings. The van der Waals surface area contributed by atoms with Gasteiger partial charge in [-0.2, -0.15) is 10.2 Å². The maximum atomic E-state index is 12.0. The van der Waals surface area contributed by atoms with Crippen LogP contribution in [0.1, 0.15) is 11.1 Å². The smallest absolute Gasteiger partial charge is 0.249 e. The lowest BCUT2D eigenvalue weighted by atomic mass is 10.2. The van der Waals surface area contributed by atoms with Gasteiger partial charge in [-0.3, -0.25) is 14.2 Å². The van der Waals surface area contributed by atoms with E-state index in [2.05, 4.69) is 15.5 Å². The third-order valence-corrected chi connectivity index (χ3v) is 3.90. The van der Waals surface area contributed by atoms with E-state index < -0.39 is 0 Å². The Morgan fingerprint density at radius 2 is 2.00 bits per heavy atom. The number of carbonyl (C=O) groups is 1. The molecule has 2 aromatic heterocycles. The number of rotatable bonds is 5. The average Bonchev–Trinajstić information content (AvgIpc) is 3.14. The SMILES string of the molecule is Cn1cc(/C=C/C(=O)Nc2nn(Cc3ccc(Cl)cc3)cc2Cl)cn1. The number of aromatic nitrogens is 4. The van der Waals surface area contributed by atoms with E-state index in [0.717, 1.165) is 11.1 Å². The van der Waals surface area contributed by atoms with E-state index in [4.69, 9.17) is 23.2 Å². The van der Waals surface area contributed by atoms with Gasteiger partial charge in [0.2, 0.25) is 5.91 Å². The number of anilines is 1. The number of benzene rings is 1. The van der Waals surface area contributed by atoms with E-state index in [9.17, 15) is 4.79 Å². The molecule has 128 valence electrons. The van der Waals surface area contributed by atoms with Gasteiger partial charge in [-0.15, -0.1) is 0 Å². The van der Waals surface area contributed by atoms with Crippen molar-refractivity contribution in [1.82, 2.24) is 19.6 Å². The highest BCUT2D eigenvalue weighted by molar-refractivity contribution is 6.33. The summed E-state index contributed by atoms with van der Waals surface area (Å²) in [5.74, 6) is -0.000960. The monoisotopic (exact) mass is 375 g/mol. The van der Waals surface area contributed by atoms with Crippen molar-refractivity contribution in [2.45, 2.75) is 6.54 Å². The predicted octanol–water partition coefficient (Wildman–Crippen LogP) is 3.62. The number of nitrogens with zero attached hydrogens (tertiary/aromatic N) is 4. The zero-order chi connectivity index (χ0) is 17.8. The van der Waals surface area contributed by atoms with Crippen molar-refractivity contribution < 1.29 is 4.79 Å². The molecule has 3 rings (SSSR count). The van der Waals surface area contributed by atoms with Crippen LogP contribution in [0.3, 0.4) is 0 Å². The molecule has 1 N–H and O–H groups in total. The van der Waals surface area contributed by atoms with Gasteiger partial charge in [-0.1, -0.05) is 35.3 Å². The van der Waals surface area contributed by atoms with E-state index in [1.807, 2.05) is 31.3 Å². The van der Waals surface area contributed by atoms with E-state index in [-0.39, 0.29) is 5.91 Å². The number of hydrogen-bond donors (Lipinski definition) is 1. The van der Waals surface area contributed by atoms with Gasteiger partial charge in [-0.25, -0.2) is 0 Å². The largest absolute Gasteiger partial charge is 0.304 e. The van der Waals surface area contributed by atoms with Crippen molar-refractivity contribution in [2.24, 2.45) is 7.05 Å². The maximum Gasteiger partial charge on any atom is 0.249 e. The molecule has 0 bridgehead atoms. The summed E-state index contributed by atoms with van der Waals surface area (Å²) >= 11 is 12.0. The van der Waals surface area contributed by atoms with Crippen LogP contribution in [0.15, 0.2) is 48.9 Å². The highest BCUT2D eigenvalue weighted by atomic mass is 35.5. The summed E-state index contributed by atoms with van der Waals surface area (Å²) in [4.78, 5) is 12.0. The van der Waals surface area contributed by atoms with Gasteiger partial charge in [-0.05, 0) is 23.8 Å². The fourth-order valence-electron chi connectivity index (χ4n) is 2.20. The Bertz CT molecular complexity index is 912. The van der Waals surface area contributed by atoms with Crippen LogP contribution in [-0.4, -0.2) is 25.5 Å². The fourth-order valence-corrected chi connectivity index (χ4v) is 2.52. The summed E-state index contributed by atoms with van der Waals surface area (Å²) in [7, 11) is 1.81. The molecule has 0 radical (unpaired) electrons. The normalized spacial score (nSPS) is 11.2. The second-order valence-electron chi connectivity index (χ2n) is 5.42. The molecule has 0 unspecified atom stereocenters. The summed E-state index contributed by atoms with van der Waals surface area (Å²) in [5.41, 5.74) is 1.86. The number of halogens is 2. The Hall–Kier alpha value is -2.57. The number of aryl methyl sites for hydroxylation is 1. The molecule has 6 nitrogen and oxygen atoms in total. The molecule has 0 aliphatic rings. The topological polar surface area (TPSA) is 64.7 Å². The van der Waals surface area contributed by atoms with Crippen molar-refractivity contribution in [3.05, 3.63) is 70.1 Å². The molecule has 0 spiro atoms. The first kappa shape index (κ1) is 17.3. The third-order valence-electron chi connectivity index (χ3n) is 3.37. The maximum absolute atomic E-state index is 12.0. The van der Waals surface area contributed by atoms with Crippen LogP contribution in [-0.2, 0) is 18.4 Å². The van der Waals surface area contributed by atoms with Gasteiger partial charge in [0.15, 0.2) is 5.82 Å². The number of nitrogens with one attached hydrogen (secondary N) is 1. The summed E-state index contributed by atoms with van der Waals surface area (Å²) in [6.07, 6.45) is 8.21. The number of amides is 1. The number of hydrogen-bond acceptors (Lipinski definition) is 3. The van der Waals surface area contributed by atoms with Crippen LogP contribution in [0.4, 0.5) is 5.82 Å². The van der Waals surface area contributed by atoms with Gasteiger partial charge in [0.25, 0.3) is 0 Å². The molecule has 3 aromatic rings. The molecule has 0 atom stereocenters. The molecular weight excluding hydrogens is 361 g/mol. The van der Waals surface area contributed by atoms with E-state index in [0.29, 0.717) is 22.4 Å². The molecule has 25 heavy (non-hydrogen) atoms. The van der Waals surface area contributed by atoms with Crippen molar-refractivity contribution >= 4 is 41.0 Å². The molecule has 2 heterocycles. The Morgan fingerprint density at radius 1 is 1.24 bits per heavy atom. The first-order valence-corrected chi connectivity index (χ1v) is 8.20. The van der Waals surface area contributed by atoms with E-state index in [1.165, 1.54) is 6.08 Å². The van der Waals surface area contributed by atoms with Crippen LogP contribution in [0.5, 0.6) is 0 Å². The highest BCUT2D eigenvalue weighted by Gasteiger charge is 2.09. The lowest BCUT2D eigenvalue weighted by Crippen LogP contribution is -2.09. The second-order valence-corrected chi connectivity index (χ2v) is 6.26. The van der Waals surface area contributed by atoms with Gasteiger partial charge >= 0.3 is 0 Å². The summed E-state index contributed by atoms with van der Waals surface area (Å²) in [5, 5.41) is 12.0. The Balaban J connectivity index is 1.64. The molecule has 8 heteroatoms. The van der Waals surface area contributed by atoms with Crippen LogP contribution < -0.4 is 5.32 Å². The molecule has 0 saturated carbocycles. The van der Waals surface area contributed by atoms with Gasteiger partial charge in [0.05, 0.1) is 12.7 Å². The molecule has 1 aromatic carbocycles. The van der Waals surface area contributed by atoms with Gasteiger partial charge in [0, 0.05) is 36.1 Å². The Morgan fingerprint density at radius 3 is 2.68 bits per heavy atom. The lowest BCUT2D eigenvalue weighted by molar-refractivity contribution is -0.111. The quantitative estimate of drug-likeness (QED) is 0.692.